The first-order valence-electron chi connectivity index (χ1n) is 9.28. The van der Waals surface area contributed by atoms with E-state index in [1.807, 2.05) is 13.1 Å². The number of hydrogen-bond acceptors (Lipinski definition) is 6. The van der Waals surface area contributed by atoms with Gasteiger partial charge in [0.05, 0.1) is 5.52 Å². The molecule has 0 bridgehead atoms. The number of aromatic nitrogens is 3. The molecule has 7 nitrogen and oxygen atoms in total. The Bertz CT molecular complexity index is 1160. The van der Waals surface area contributed by atoms with E-state index in [0.717, 1.165) is 40.7 Å². The first-order chi connectivity index (χ1) is 13.7. The van der Waals surface area contributed by atoms with Gasteiger partial charge in [0.25, 0.3) is 0 Å². The van der Waals surface area contributed by atoms with Crippen molar-refractivity contribution in [2.24, 2.45) is 0 Å². The average molecular weight is 398 g/mol. The van der Waals surface area contributed by atoms with Crippen LogP contribution in [0.25, 0.3) is 27.7 Å². The highest BCUT2D eigenvalue weighted by atomic mass is 32.1. The third-order valence-corrected chi connectivity index (χ3v) is 5.69. The summed E-state index contributed by atoms with van der Waals surface area (Å²) in [5.74, 6) is 0. The maximum atomic E-state index is 12.3. The van der Waals surface area contributed by atoms with Crippen LogP contribution in [0.5, 0.6) is 0 Å². The molecular formula is C20H23N5O2S. The molecule has 28 heavy (non-hydrogen) atoms. The van der Waals surface area contributed by atoms with E-state index in [4.69, 9.17) is 5.11 Å². The topological polar surface area (TPSA) is 94.4 Å². The first-order valence-corrected chi connectivity index (χ1v) is 10.2. The SMILES string of the molecule is CNCc1cc(-c2ccc3c(CNCCCO)cc4n[nH]c(=O)n4c3c2)cs1. The van der Waals surface area contributed by atoms with Crippen LogP contribution in [0.3, 0.4) is 0 Å². The fraction of sp³-hybridized carbons (Fsp3) is 0.300. The van der Waals surface area contributed by atoms with Gasteiger partial charge in [0, 0.05) is 30.0 Å². The van der Waals surface area contributed by atoms with Crippen LogP contribution in [-0.4, -0.2) is 39.9 Å². The fourth-order valence-corrected chi connectivity index (χ4v) is 4.32. The number of fused-ring (bicyclic) bond motifs is 3. The maximum Gasteiger partial charge on any atom is 0.348 e. The lowest BCUT2D eigenvalue weighted by molar-refractivity contribution is 0.286. The van der Waals surface area contributed by atoms with Gasteiger partial charge in [-0.25, -0.2) is 14.3 Å². The molecule has 0 atom stereocenters. The number of nitrogens with one attached hydrogen (secondary N) is 3. The molecule has 0 amide bonds. The van der Waals surface area contributed by atoms with E-state index in [1.54, 1.807) is 15.7 Å². The Morgan fingerprint density at radius 3 is 2.93 bits per heavy atom. The largest absolute Gasteiger partial charge is 0.396 e. The molecule has 4 rings (SSSR count). The molecule has 8 heteroatoms. The van der Waals surface area contributed by atoms with Crippen LogP contribution in [0.4, 0.5) is 0 Å². The summed E-state index contributed by atoms with van der Waals surface area (Å²) in [7, 11) is 1.94. The van der Waals surface area contributed by atoms with E-state index in [1.165, 1.54) is 4.88 Å². The summed E-state index contributed by atoms with van der Waals surface area (Å²) in [6.45, 7) is 2.39. The molecule has 0 aliphatic heterocycles. The molecule has 0 fully saturated rings. The minimum atomic E-state index is -0.238. The third kappa shape index (κ3) is 3.59. The van der Waals surface area contributed by atoms with Crippen molar-refractivity contribution in [3.63, 3.8) is 0 Å². The van der Waals surface area contributed by atoms with Crippen molar-refractivity contribution in [2.75, 3.05) is 20.2 Å². The fourth-order valence-electron chi connectivity index (χ4n) is 3.41. The average Bonchev–Trinajstić information content (AvgIpc) is 3.32. The van der Waals surface area contributed by atoms with Gasteiger partial charge >= 0.3 is 5.69 Å². The Hall–Kier alpha value is -2.52. The van der Waals surface area contributed by atoms with E-state index < -0.39 is 0 Å². The number of thiophene rings is 1. The molecule has 3 aromatic heterocycles. The summed E-state index contributed by atoms with van der Waals surface area (Å²) < 4.78 is 1.62. The third-order valence-electron chi connectivity index (χ3n) is 4.75. The molecule has 0 radical (unpaired) electrons. The van der Waals surface area contributed by atoms with Gasteiger partial charge in [0.1, 0.15) is 0 Å². The number of H-pyrrole nitrogens is 1. The summed E-state index contributed by atoms with van der Waals surface area (Å²) >= 11 is 1.72. The Morgan fingerprint density at radius 1 is 1.21 bits per heavy atom. The molecule has 4 N–H and O–H groups in total. The Morgan fingerprint density at radius 2 is 2.11 bits per heavy atom. The van der Waals surface area contributed by atoms with Gasteiger partial charge < -0.3 is 15.7 Å². The number of aromatic amines is 1. The monoisotopic (exact) mass is 397 g/mol. The van der Waals surface area contributed by atoms with Crippen LogP contribution in [-0.2, 0) is 13.1 Å². The minimum Gasteiger partial charge on any atom is -0.396 e. The summed E-state index contributed by atoms with van der Waals surface area (Å²) in [4.78, 5) is 13.6. The molecule has 146 valence electrons. The molecule has 0 aliphatic carbocycles. The van der Waals surface area contributed by atoms with Crippen molar-refractivity contribution in [3.8, 4) is 11.1 Å². The molecule has 0 saturated heterocycles. The van der Waals surface area contributed by atoms with Gasteiger partial charge in [-0.15, -0.1) is 11.3 Å². The van der Waals surface area contributed by atoms with Crippen LogP contribution in [0.15, 0.2) is 40.5 Å². The second kappa shape index (κ2) is 8.24. The number of benzene rings is 1. The zero-order chi connectivity index (χ0) is 19.5. The van der Waals surface area contributed by atoms with Crippen LogP contribution >= 0.6 is 11.3 Å². The van der Waals surface area contributed by atoms with Gasteiger partial charge in [0.2, 0.25) is 0 Å². The molecule has 0 aliphatic rings. The van der Waals surface area contributed by atoms with E-state index in [0.29, 0.717) is 18.6 Å². The summed E-state index contributed by atoms with van der Waals surface area (Å²) in [6.07, 6.45) is 0.708. The standard InChI is InChI=1S/C20H23N5O2S/c1-21-11-16-7-15(12-28-16)13-3-4-17-14(10-22-5-2-6-26)9-19-23-24-20(27)25(19)18(17)8-13/h3-4,7-9,12,21-22,26H,2,5-6,10-11H2,1H3,(H,24,27). The van der Waals surface area contributed by atoms with Crippen LogP contribution in [0, 0.1) is 0 Å². The van der Waals surface area contributed by atoms with Gasteiger partial charge in [-0.2, -0.15) is 5.10 Å². The Balaban J connectivity index is 1.80. The maximum absolute atomic E-state index is 12.3. The van der Waals surface area contributed by atoms with E-state index in [9.17, 15) is 4.79 Å². The highest BCUT2D eigenvalue weighted by Gasteiger charge is 2.12. The predicted octanol–water partition coefficient (Wildman–Crippen LogP) is 2.10. The van der Waals surface area contributed by atoms with Crippen molar-refractivity contribution in [2.45, 2.75) is 19.5 Å². The molecule has 3 heterocycles. The lowest BCUT2D eigenvalue weighted by Crippen LogP contribution is -2.17. The number of nitrogens with zero attached hydrogens (tertiary/aromatic N) is 2. The highest BCUT2D eigenvalue weighted by molar-refractivity contribution is 7.10. The lowest BCUT2D eigenvalue weighted by atomic mass is 10.0. The van der Waals surface area contributed by atoms with Crippen molar-refractivity contribution in [1.82, 2.24) is 25.2 Å². The lowest BCUT2D eigenvalue weighted by Gasteiger charge is -2.11. The van der Waals surface area contributed by atoms with Gasteiger partial charge in [0.15, 0.2) is 5.65 Å². The van der Waals surface area contributed by atoms with Crippen LogP contribution in [0.1, 0.15) is 16.9 Å². The smallest absolute Gasteiger partial charge is 0.348 e. The van der Waals surface area contributed by atoms with E-state index in [-0.39, 0.29) is 12.3 Å². The van der Waals surface area contributed by atoms with E-state index in [2.05, 4.69) is 50.5 Å². The second-order valence-corrected chi connectivity index (χ2v) is 7.71. The van der Waals surface area contributed by atoms with Crippen molar-refractivity contribution < 1.29 is 5.11 Å². The first kappa shape index (κ1) is 18.8. The van der Waals surface area contributed by atoms with E-state index >= 15 is 0 Å². The van der Waals surface area contributed by atoms with Crippen LogP contribution < -0.4 is 16.3 Å². The molecule has 4 aromatic rings. The van der Waals surface area contributed by atoms with Gasteiger partial charge in [-0.3, -0.25) is 0 Å². The molecule has 1 aromatic carbocycles. The second-order valence-electron chi connectivity index (χ2n) is 6.71. The highest BCUT2D eigenvalue weighted by Crippen LogP contribution is 2.30. The van der Waals surface area contributed by atoms with Gasteiger partial charge in [-0.05, 0) is 60.3 Å². The normalized spacial score (nSPS) is 11.6. The molecule has 0 spiro atoms. The summed E-state index contributed by atoms with van der Waals surface area (Å²) in [6, 6.07) is 10.3. The van der Waals surface area contributed by atoms with Crippen molar-refractivity contribution >= 4 is 27.9 Å². The number of rotatable bonds is 8. The number of aliphatic hydroxyl groups excluding tert-OH is 1. The molecule has 0 saturated carbocycles. The summed E-state index contributed by atoms with van der Waals surface area (Å²) in [5.41, 5.74) is 4.51. The molecule has 0 unspecified atom stereocenters. The predicted molar refractivity (Wildman–Crippen MR) is 113 cm³/mol. The van der Waals surface area contributed by atoms with Crippen molar-refractivity contribution in [1.29, 1.82) is 0 Å². The number of aliphatic hydroxyl groups is 1. The summed E-state index contributed by atoms with van der Waals surface area (Å²) in [5, 5.41) is 25.3. The molecular weight excluding hydrogens is 374 g/mol. The minimum absolute atomic E-state index is 0.168. The number of pyridine rings is 1. The van der Waals surface area contributed by atoms with Gasteiger partial charge in [-0.1, -0.05) is 12.1 Å². The zero-order valence-corrected chi connectivity index (χ0v) is 16.5. The Labute approximate surface area is 166 Å². The van der Waals surface area contributed by atoms with Crippen molar-refractivity contribution in [3.05, 3.63) is 56.6 Å². The van der Waals surface area contributed by atoms with Crippen LogP contribution in [0.2, 0.25) is 0 Å². The number of hydrogen-bond donors (Lipinski definition) is 4. The Kier molecular flexibility index (Phi) is 5.54. The zero-order valence-electron chi connectivity index (χ0n) is 15.7. The quantitative estimate of drug-likeness (QED) is 0.342.